The Bertz CT molecular complexity index is 512. The van der Waals surface area contributed by atoms with Crippen molar-refractivity contribution in [1.29, 1.82) is 5.26 Å². The molecule has 2 rings (SSSR count). The van der Waals surface area contributed by atoms with Gasteiger partial charge in [-0.15, -0.1) is 11.3 Å². The number of benzene rings is 1. The zero-order chi connectivity index (χ0) is 9.42. The van der Waals surface area contributed by atoms with Crippen LogP contribution >= 0.6 is 27.3 Å². The van der Waals surface area contributed by atoms with Crippen LogP contribution in [0.15, 0.2) is 22.0 Å². The topological polar surface area (TPSA) is 23.8 Å². The van der Waals surface area contributed by atoms with Crippen molar-refractivity contribution in [1.82, 2.24) is 0 Å². The van der Waals surface area contributed by atoms with E-state index in [0.29, 0.717) is 0 Å². The Hall–Kier alpha value is -0.920. The second-order valence-electron chi connectivity index (χ2n) is 2.53. The van der Waals surface area contributed by atoms with Crippen molar-refractivity contribution in [2.24, 2.45) is 0 Å². The third-order valence-corrected chi connectivity index (χ3v) is 3.30. The van der Waals surface area contributed by atoms with Crippen molar-refractivity contribution in [3.8, 4) is 6.07 Å². The molecule has 2 aromatic rings. The molecule has 0 saturated carbocycles. The smallest absolute Gasteiger partial charge is 0.142 e. The van der Waals surface area contributed by atoms with Crippen molar-refractivity contribution in [3.05, 3.63) is 33.4 Å². The molecule has 0 N–H and O–H groups in total. The zero-order valence-electron chi connectivity index (χ0n) is 6.34. The molecule has 0 aliphatic heterocycles. The molecule has 1 heterocycles. The Balaban J connectivity index is 2.82. The zero-order valence-corrected chi connectivity index (χ0v) is 8.75. The van der Waals surface area contributed by atoms with Gasteiger partial charge in [0.15, 0.2) is 0 Å². The molecule has 0 saturated heterocycles. The van der Waals surface area contributed by atoms with E-state index in [1.807, 2.05) is 12.1 Å². The van der Waals surface area contributed by atoms with E-state index in [1.165, 1.54) is 17.4 Å². The van der Waals surface area contributed by atoms with Crippen molar-refractivity contribution in [2.75, 3.05) is 0 Å². The lowest BCUT2D eigenvalue weighted by molar-refractivity contribution is 0.626. The summed E-state index contributed by atoms with van der Waals surface area (Å²) in [6.45, 7) is 0. The highest BCUT2D eigenvalue weighted by atomic mass is 79.9. The maximum Gasteiger partial charge on any atom is 0.142 e. The summed E-state index contributed by atoms with van der Waals surface area (Å²) in [7, 11) is 0. The number of rotatable bonds is 0. The molecule has 0 unspecified atom stereocenters. The van der Waals surface area contributed by atoms with Crippen LogP contribution in [0.25, 0.3) is 10.1 Å². The predicted molar refractivity (Wildman–Crippen MR) is 54.2 cm³/mol. The molecular weight excluding hydrogens is 253 g/mol. The molecule has 0 atom stereocenters. The molecule has 0 fully saturated rings. The van der Waals surface area contributed by atoms with Crippen LogP contribution in [0.4, 0.5) is 4.39 Å². The summed E-state index contributed by atoms with van der Waals surface area (Å²) in [5.41, 5.74) is 0.0952. The van der Waals surface area contributed by atoms with E-state index in [-0.39, 0.29) is 5.56 Å². The molecule has 1 nitrogen and oxygen atoms in total. The van der Waals surface area contributed by atoms with E-state index >= 15 is 0 Å². The first-order valence-corrected chi connectivity index (χ1v) is 5.10. The Morgan fingerprint density at radius 2 is 2.15 bits per heavy atom. The minimum Gasteiger partial charge on any atom is -0.205 e. The molecular formula is C9H3BrFNS. The highest BCUT2D eigenvalue weighted by Gasteiger charge is 2.06. The molecule has 0 aliphatic rings. The second-order valence-corrected chi connectivity index (χ2v) is 5.00. The molecule has 1 aromatic carbocycles. The number of nitrogens with zero attached hydrogens (tertiary/aromatic N) is 1. The molecule has 4 heteroatoms. The first-order valence-electron chi connectivity index (χ1n) is 3.49. The van der Waals surface area contributed by atoms with Crippen LogP contribution in [0, 0.1) is 17.1 Å². The Kier molecular flexibility index (Phi) is 2.06. The third-order valence-electron chi connectivity index (χ3n) is 1.70. The number of hydrogen-bond donors (Lipinski definition) is 0. The van der Waals surface area contributed by atoms with Gasteiger partial charge in [0.1, 0.15) is 11.9 Å². The van der Waals surface area contributed by atoms with Gasteiger partial charge in [0.25, 0.3) is 0 Å². The highest BCUT2D eigenvalue weighted by Crippen LogP contribution is 2.31. The van der Waals surface area contributed by atoms with Gasteiger partial charge in [-0.25, -0.2) is 4.39 Å². The molecule has 13 heavy (non-hydrogen) atoms. The van der Waals surface area contributed by atoms with E-state index < -0.39 is 5.82 Å². The predicted octanol–water partition coefficient (Wildman–Crippen LogP) is 3.67. The van der Waals surface area contributed by atoms with Gasteiger partial charge in [-0.1, -0.05) is 0 Å². The van der Waals surface area contributed by atoms with E-state index in [4.69, 9.17) is 5.26 Å². The van der Waals surface area contributed by atoms with Crippen molar-refractivity contribution in [3.63, 3.8) is 0 Å². The van der Waals surface area contributed by atoms with Gasteiger partial charge >= 0.3 is 0 Å². The van der Waals surface area contributed by atoms with Crippen molar-refractivity contribution >= 4 is 37.4 Å². The first kappa shape index (κ1) is 8.67. The maximum atomic E-state index is 13.1. The number of halogens is 2. The van der Waals surface area contributed by atoms with E-state index in [1.54, 1.807) is 6.07 Å². The quantitative estimate of drug-likeness (QED) is 0.705. The molecule has 0 bridgehead atoms. The SMILES string of the molecule is N#Cc1cc2cc(Br)sc2cc1F. The van der Waals surface area contributed by atoms with Crippen LogP contribution < -0.4 is 0 Å². The van der Waals surface area contributed by atoms with Gasteiger partial charge < -0.3 is 0 Å². The van der Waals surface area contributed by atoms with Gasteiger partial charge in [0.05, 0.1) is 9.35 Å². The normalized spacial score (nSPS) is 10.2. The fraction of sp³-hybridized carbons (Fsp3) is 0. The molecule has 0 spiro atoms. The van der Waals surface area contributed by atoms with E-state index in [0.717, 1.165) is 13.9 Å². The number of hydrogen-bond acceptors (Lipinski definition) is 2. The average Bonchev–Trinajstić information content (AvgIpc) is 2.42. The Morgan fingerprint density at radius 3 is 2.85 bits per heavy atom. The molecule has 0 aliphatic carbocycles. The first-order chi connectivity index (χ1) is 6.20. The summed E-state index contributed by atoms with van der Waals surface area (Å²) in [4.78, 5) is 0. The van der Waals surface area contributed by atoms with Crippen LogP contribution in [0.2, 0.25) is 0 Å². The van der Waals surface area contributed by atoms with Crippen molar-refractivity contribution in [2.45, 2.75) is 0 Å². The van der Waals surface area contributed by atoms with Crippen LogP contribution in [0.1, 0.15) is 5.56 Å². The van der Waals surface area contributed by atoms with Crippen molar-refractivity contribution < 1.29 is 4.39 Å². The summed E-state index contributed by atoms with van der Waals surface area (Å²) < 4.78 is 14.9. The number of fused-ring (bicyclic) bond motifs is 1. The summed E-state index contributed by atoms with van der Waals surface area (Å²) >= 11 is 4.76. The summed E-state index contributed by atoms with van der Waals surface area (Å²) in [5.74, 6) is -0.454. The van der Waals surface area contributed by atoms with Gasteiger partial charge in [0.2, 0.25) is 0 Å². The monoisotopic (exact) mass is 255 g/mol. The van der Waals surface area contributed by atoms with Gasteiger partial charge in [-0.05, 0) is 39.5 Å². The lowest BCUT2D eigenvalue weighted by atomic mass is 10.2. The summed E-state index contributed by atoms with van der Waals surface area (Å²) in [6, 6.07) is 6.64. The lowest BCUT2D eigenvalue weighted by Gasteiger charge is -1.92. The van der Waals surface area contributed by atoms with Crippen LogP contribution in [-0.4, -0.2) is 0 Å². The Labute approximate surface area is 86.5 Å². The van der Waals surface area contributed by atoms with Crippen LogP contribution in [0.3, 0.4) is 0 Å². The maximum absolute atomic E-state index is 13.1. The van der Waals surface area contributed by atoms with Crippen LogP contribution in [0.5, 0.6) is 0 Å². The largest absolute Gasteiger partial charge is 0.205 e. The molecule has 0 radical (unpaired) electrons. The second kappa shape index (κ2) is 3.09. The highest BCUT2D eigenvalue weighted by molar-refractivity contribution is 9.11. The minimum absolute atomic E-state index is 0.0952. The van der Waals surface area contributed by atoms with Crippen LogP contribution in [-0.2, 0) is 0 Å². The van der Waals surface area contributed by atoms with E-state index in [2.05, 4.69) is 15.9 Å². The van der Waals surface area contributed by atoms with Gasteiger partial charge in [-0.3, -0.25) is 0 Å². The fourth-order valence-electron chi connectivity index (χ4n) is 1.12. The summed E-state index contributed by atoms with van der Waals surface area (Å²) in [6.07, 6.45) is 0. The number of nitriles is 1. The average molecular weight is 256 g/mol. The third kappa shape index (κ3) is 1.45. The summed E-state index contributed by atoms with van der Waals surface area (Å²) in [5, 5.41) is 9.48. The van der Waals surface area contributed by atoms with Gasteiger partial charge in [0, 0.05) is 4.70 Å². The lowest BCUT2D eigenvalue weighted by Crippen LogP contribution is -1.80. The minimum atomic E-state index is -0.454. The fourth-order valence-corrected chi connectivity index (χ4v) is 2.68. The van der Waals surface area contributed by atoms with E-state index in [9.17, 15) is 4.39 Å². The standard InChI is InChI=1S/C9H3BrFNS/c10-9-2-5-1-6(4-12)7(11)3-8(5)13-9/h1-3H. The van der Waals surface area contributed by atoms with Gasteiger partial charge in [-0.2, -0.15) is 5.26 Å². The molecule has 1 aromatic heterocycles. The molecule has 0 amide bonds. The number of thiophene rings is 1. The Morgan fingerprint density at radius 1 is 1.38 bits per heavy atom. The molecule has 64 valence electrons.